The highest BCUT2D eigenvalue weighted by Crippen LogP contribution is 2.37. The molecular weight excluding hydrogens is 254 g/mol. The molecule has 0 radical (unpaired) electrons. The maximum absolute atomic E-state index is 12.4. The molecule has 1 saturated carbocycles. The molecule has 4 nitrogen and oxygen atoms in total. The Bertz CT molecular complexity index is 558. The predicted molar refractivity (Wildman–Crippen MR) is 75.0 cm³/mol. The molecule has 1 amide bonds. The number of carbonyl (C=O) groups is 2. The van der Waals surface area contributed by atoms with Crippen molar-refractivity contribution in [2.75, 3.05) is 6.54 Å². The van der Waals surface area contributed by atoms with Gasteiger partial charge >= 0.3 is 5.97 Å². The molecule has 1 fully saturated rings. The SMILES string of the molecule is C=C1c2ccccc2C(=O)N1CC1CCCC1C(=O)O. The molecule has 0 bridgehead atoms. The van der Waals surface area contributed by atoms with E-state index >= 15 is 0 Å². The number of nitrogens with zero attached hydrogens (tertiary/aromatic N) is 1. The van der Waals surface area contributed by atoms with Crippen LogP contribution in [0.2, 0.25) is 0 Å². The zero-order valence-electron chi connectivity index (χ0n) is 11.2. The fraction of sp³-hybridized carbons (Fsp3) is 0.375. The Morgan fingerprint density at radius 2 is 2.00 bits per heavy atom. The molecule has 104 valence electrons. The highest BCUT2D eigenvalue weighted by Gasteiger charge is 2.38. The van der Waals surface area contributed by atoms with Crippen LogP contribution >= 0.6 is 0 Å². The van der Waals surface area contributed by atoms with Gasteiger partial charge in [0, 0.05) is 23.4 Å². The molecule has 1 heterocycles. The molecule has 1 aliphatic heterocycles. The van der Waals surface area contributed by atoms with E-state index in [1.54, 1.807) is 11.0 Å². The number of carbonyl (C=O) groups excluding carboxylic acids is 1. The van der Waals surface area contributed by atoms with Crippen LogP contribution in [0, 0.1) is 11.8 Å². The van der Waals surface area contributed by atoms with E-state index in [4.69, 9.17) is 0 Å². The molecule has 0 aromatic heterocycles. The number of hydrogen-bond acceptors (Lipinski definition) is 2. The summed E-state index contributed by atoms with van der Waals surface area (Å²) in [5.41, 5.74) is 2.23. The number of fused-ring (bicyclic) bond motifs is 1. The molecule has 0 spiro atoms. The van der Waals surface area contributed by atoms with Crippen LogP contribution in [0.25, 0.3) is 5.70 Å². The van der Waals surface area contributed by atoms with E-state index < -0.39 is 5.97 Å². The average molecular weight is 271 g/mol. The van der Waals surface area contributed by atoms with Crippen LogP contribution in [0.15, 0.2) is 30.8 Å². The van der Waals surface area contributed by atoms with Crippen molar-refractivity contribution >= 4 is 17.6 Å². The predicted octanol–water partition coefficient (Wildman–Crippen LogP) is 2.61. The van der Waals surface area contributed by atoms with E-state index in [1.807, 2.05) is 18.2 Å². The van der Waals surface area contributed by atoms with E-state index in [0.29, 0.717) is 24.2 Å². The van der Waals surface area contributed by atoms with Crippen LogP contribution in [0.5, 0.6) is 0 Å². The van der Waals surface area contributed by atoms with Crippen molar-refractivity contribution in [3.05, 3.63) is 42.0 Å². The van der Waals surface area contributed by atoms with Crippen LogP contribution in [0.4, 0.5) is 0 Å². The molecular formula is C16H17NO3. The molecule has 1 aromatic carbocycles. The fourth-order valence-electron chi connectivity index (χ4n) is 3.34. The van der Waals surface area contributed by atoms with Crippen LogP contribution in [0.3, 0.4) is 0 Å². The maximum Gasteiger partial charge on any atom is 0.306 e. The summed E-state index contributed by atoms with van der Waals surface area (Å²) in [6.45, 7) is 4.46. The Kier molecular flexibility index (Phi) is 3.08. The minimum absolute atomic E-state index is 0.0301. The van der Waals surface area contributed by atoms with Crippen molar-refractivity contribution in [3.8, 4) is 0 Å². The van der Waals surface area contributed by atoms with Gasteiger partial charge in [-0.3, -0.25) is 9.59 Å². The third-order valence-electron chi connectivity index (χ3n) is 4.43. The fourth-order valence-corrected chi connectivity index (χ4v) is 3.34. The average Bonchev–Trinajstić information content (AvgIpc) is 2.99. The van der Waals surface area contributed by atoms with Gasteiger partial charge in [-0.25, -0.2) is 0 Å². The van der Waals surface area contributed by atoms with Gasteiger partial charge in [-0.1, -0.05) is 31.2 Å². The van der Waals surface area contributed by atoms with Gasteiger partial charge in [0.1, 0.15) is 0 Å². The summed E-state index contributed by atoms with van der Waals surface area (Å²) in [5, 5.41) is 9.24. The smallest absolute Gasteiger partial charge is 0.306 e. The normalized spacial score (nSPS) is 25.1. The molecule has 2 atom stereocenters. The lowest BCUT2D eigenvalue weighted by Gasteiger charge is -2.24. The van der Waals surface area contributed by atoms with Crippen LogP contribution < -0.4 is 0 Å². The molecule has 1 N–H and O–H groups in total. The zero-order chi connectivity index (χ0) is 14.3. The van der Waals surface area contributed by atoms with Gasteiger partial charge < -0.3 is 10.0 Å². The first-order chi connectivity index (χ1) is 9.59. The summed E-state index contributed by atoms with van der Waals surface area (Å²) in [5.74, 6) is -1.11. The molecule has 3 rings (SSSR count). The number of benzene rings is 1. The number of carboxylic acids is 1. The summed E-state index contributed by atoms with van der Waals surface area (Å²) >= 11 is 0. The molecule has 4 heteroatoms. The number of rotatable bonds is 3. The third-order valence-corrected chi connectivity index (χ3v) is 4.43. The van der Waals surface area contributed by atoms with E-state index in [1.165, 1.54) is 0 Å². The third kappa shape index (κ3) is 1.92. The monoisotopic (exact) mass is 271 g/mol. The van der Waals surface area contributed by atoms with Crippen molar-refractivity contribution in [2.24, 2.45) is 11.8 Å². The summed E-state index contributed by atoms with van der Waals surface area (Å²) < 4.78 is 0. The zero-order valence-corrected chi connectivity index (χ0v) is 11.2. The topological polar surface area (TPSA) is 57.6 Å². The van der Waals surface area contributed by atoms with Crippen LogP contribution in [-0.4, -0.2) is 28.4 Å². The van der Waals surface area contributed by atoms with Gasteiger partial charge in [-0.05, 0) is 24.8 Å². The molecule has 20 heavy (non-hydrogen) atoms. The molecule has 1 aliphatic carbocycles. The second-order valence-electron chi connectivity index (χ2n) is 5.54. The van der Waals surface area contributed by atoms with Gasteiger partial charge in [0.2, 0.25) is 0 Å². The number of amides is 1. The molecule has 2 unspecified atom stereocenters. The van der Waals surface area contributed by atoms with Gasteiger partial charge in [0.15, 0.2) is 0 Å². The van der Waals surface area contributed by atoms with Gasteiger partial charge in [-0.15, -0.1) is 0 Å². The summed E-state index contributed by atoms with van der Waals surface area (Å²) in [6, 6.07) is 7.41. The first kappa shape index (κ1) is 12.9. The minimum atomic E-state index is -0.748. The second kappa shape index (κ2) is 4.78. The van der Waals surface area contributed by atoms with Crippen LogP contribution in [0.1, 0.15) is 35.2 Å². The quantitative estimate of drug-likeness (QED) is 0.919. The lowest BCUT2D eigenvalue weighted by atomic mass is 9.95. The molecule has 0 saturated heterocycles. The van der Waals surface area contributed by atoms with E-state index in [0.717, 1.165) is 18.4 Å². The van der Waals surface area contributed by atoms with Crippen molar-refractivity contribution in [2.45, 2.75) is 19.3 Å². The van der Waals surface area contributed by atoms with Gasteiger partial charge in [0.25, 0.3) is 5.91 Å². The summed E-state index contributed by atoms with van der Waals surface area (Å²) in [6.07, 6.45) is 2.49. The number of hydrogen-bond donors (Lipinski definition) is 1. The Hall–Kier alpha value is -2.10. The second-order valence-corrected chi connectivity index (χ2v) is 5.54. The first-order valence-corrected chi connectivity index (χ1v) is 6.92. The Morgan fingerprint density at radius 1 is 1.30 bits per heavy atom. The van der Waals surface area contributed by atoms with Gasteiger partial charge in [-0.2, -0.15) is 0 Å². The van der Waals surface area contributed by atoms with Crippen LogP contribution in [-0.2, 0) is 4.79 Å². The van der Waals surface area contributed by atoms with Gasteiger partial charge in [0.05, 0.1) is 5.92 Å². The highest BCUT2D eigenvalue weighted by molar-refractivity contribution is 6.08. The standard InChI is InChI=1S/C16H17NO3/c1-10-12-6-2-3-7-14(12)15(18)17(10)9-11-5-4-8-13(11)16(19)20/h2-3,6-7,11,13H,1,4-5,8-9H2,(H,19,20). The van der Waals surface area contributed by atoms with E-state index in [9.17, 15) is 14.7 Å². The largest absolute Gasteiger partial charge is 0.481 e. The Morgan fingerprint density at radius 3 is 2.65 bits per heavy atom. The minimum Gasteiger partial charge on any atom is -0.481 e. The van der Waals surface area contributed by atoms with Crippen molar-refractivity contribution in [1.82, 2.24) is 4.90 Å². The van der Waals surface area contributed by atoms with Crippen molar-refractivity contribution in [3.63, 3.8) is 0 Å². The molecule has 2 aliphatic rings. The van der Waals surface area contributed by atoms with E-state index in [-0.39, 0.29) is 17.7 Å². The number of carboxylic acid groups (broad SMARTS) is 1. The number of aliphatic carboxylic acids is 1. The lowest BCUT2D eigenvalue weighted by molar-refractivity contribution is -0.143. The maximum atomic E-state index is 12.4. The van der Waals surface area contributed by atoms with Crippen molar-refractivity contribution < 1.29 is 14.7 Å². The highest BCUT2D eigenvalue weighted by atomic mass is 16.4. The Balaban J connectivity index is 1.82. The first-order valence-electron chi connectivity index (χ1n) is 6.92. The summed E-state index contributed by atoms with van der Waals surface area (Å²) in [7, 11) is 0. The van der Waals surface area contributed by atoms with Crippen molar-refractivity contribution in [1.29, 1.82) is 0 Å². The summed E-state index contributed by atoms with van der Waals surface area (Å²) in [4.78, 5) is 25.3. The lowest BCUT2D eigenvalue weighted by Crippen LogP contribution is -2.32. The van der Waals surface area contributed by atoms with E-state index in [2.05, 4.69) is 6.58 Å². The Labute approximate surface area is 117 Å². The molecule has 1 aromatic rings.